The maximum atomic E-state index is 5.98. The quantitative estimate of drug-likeness (QED) is 0.791. The molecule has 0 saturated carbocycles. The number of hydrogen-bond donors (Lipinski definition) is 1. The van der Waals surface area contributed by atoms with Gasteiger partial charge in [0.1, 0.15) is 0 Å². The first-order chi connectivity index (χ1) is 7.43. The molecule has 3 aliphatic heterocycles. The van der Waals surface area contributed by atoms with E-state index in [1.54, 1.807) is 0 Å². The molecule has 0 radical (unpaired) electrons. The second-order valence-electron chi connectivity index (χ2n) is 5.30. The first kappa shape index (κ1) is 12.6. The number of nitrogens with one attached hydrogen (secondary N) is 1. The Morgan fingerprint density at radius 1 is 1.25 bits per heavy atom. The van der Waals surface area contributed by atoms with E-state index in [0.717, 1.165) is 18.4 Å². The summed E-state index contributed by atoms with van der Waals surface area (Å²) in [5.41, 5.74) is 0. The van der Waals surface area contributed by atoms with Crippen molar-refractivity contribution in [3.05, 3.63) is 0 Å². The first-order valence-corrected chi connectivity index (χ1v) is 6.48. The molecule has 0 aromatic rings. The molecule has 3 atom stereocenters. The van der Waals surface area contributed by atoms with E-state index in [0.29, 0.717) is 6.10 Å². The highest BCUT2D eigenvalue weighted by atomic mass is 35.5. The minimum absolute atomic E-state index is 0. The van der Waals surface area contributed by atoms with Crippen LogP contribution in [0.3, 0.4) is 0 Å². The molecule has 3 saturated heterocycles. The Morgan fingerprint density at radius 3 is 2.88 bits per heavy atom. The lowest BCUT2D eigenvalue weighted by atomic mass is 9.85. The minimum atomic E-state index is 0. The summed E-state index contributed by atoms with van der Waals surface area (Å²) in [4.78, 5) is 2.58. The molecule has 0 aromatic carbocycles. The van der Waals surface area contributed by atoms with Gasteiger partial charge in [-0.25, -0.2) is 0 Å². The molecule has 0 amide bonds. The van der Waals surface area contributed by atoms with Gasteiger partial charge in [-0.3, -0.25) is 0 Å². The van der Waals surface area contributed by atoms with Crippen molar-refractivity contribution in [2.75, 3.05) is 39.3 Å². The molecule has 94 valence electrons. The van der Waals surface area contributed by atoms with Crippen molar-refractivity contribution in [2.45, 2.75) is 25.4 Å². The van der Waals surface area contributed by atoms with E-state index in [4.69, 9.17) is 4.74 Å². The van der Waals surface area contributed by atoms with Crippen LogP contribution in [0.2, 0.25) is 0 Å². The van der Waals surface area contributed by atoms with E-state index in [2.05, 4.69) is 10.2 Å². The van der Waals surface area contributed by atoms with Crippen LogP contribution in [0.15, 0.2) is 0 Å². The third-order valence-corrected chi connectivity index (χ3v) is 4.32. The van der Waals surface area contributed by atoms with Gasteiger partial charge in [0, 0.05) is 19.0 Å². The Balaban J connectivity index is 0.000000963. The molecule has 3 rings (SSSR count). The lowest BCUT2D eigenvalue weighted by Crippen LogP contribution is -2.42. The van der Waals surface area contributed by atoms with E-state index >= 15 is 0 Å². The van der Waals surface area contributed by atoms with Crippen LogP contribution in [-0.2, 0) is 4.74 Å². The summed E-state index contributed by atoms with van der Waals surface area (Å²) in [7, 11) is 0. The number of hydrogen-bond acceptors (Lipinski definition) is 3. The molecule has 3 heterocycles. The van der Waals surface area contributed by atoms with Crippen molar-refractivity contribution in [3.63, 3.8) is 0 Å². The van der Waals surface area contributed by atoms with E-state index in [-0.39, 0.29) is 12.4 Å². The van der Waals surface area contributed by atoms with Crippen LogP contribution in [0.5, 0.6) is 0 Å². The maximum Gasteiger partial charge on any atom is 0.0745 e. The monoisotopic (exact) mass is 246 g/mol. The predicted octanol–water partition coefficient (Wildman–Crippen LogP) is 1.13. The SMILES string of the molecule is C1CCN(C[C@H]2OC[C@@H]3CCNC[C@@H]32)C1.Cl. The van der Waals surface area contributed by atoms with Gasteiger partial charge in [-0.15, -0.1) is 12.4 Å². The van der Waals surface area contributed by atoms with E-state index in [1.807, 2.05) is 0 Å². The highest BCUT2D eigenvalue weighted by Crippen LogP contribution is 2.32. The van der Waals surface area contributed by atoms with E-state index in [1.165, 1.54) is 52.0 Å². The average molecular weight is 247 g/mol. The van der Waals surface area contributed by atoms with Crippen LogP contribution in [0.25, 0.3) is 0 Å². The maximum absolute atomic E-state index is 5.98. The number of halogens is 1. The van der Waals surface area contributed by atoms with E-state index in [9.17, 15) is 0 Å². The molecular weight excluding hydrogens is 224 g/mol. The zero-order chi connectivity index (χ0) is 10.1. The largest absolute Gasteiger partial charge is 0.376 e. The number of fused-ring (bicyclic) bond motifs is 1. The van der Waals surface area contributed by atoms with Crippen LogP contribution < -0.4 is 5.32 Å². The number of piperidine rings is 1. The molecule has 16 heavy (non-hydrogen) atoms. The van der Waals surface area contributed by atoms with Crippen molar-refractivity contribution in [3.8, 4) is 0 Å². The molecule has 0 unspecified atom stereocenters. The number of rotatable bonds is 2. The van der Waals surface area contributed by atoms with Crippen molar-refractivity contribution in [1.82, 2.24) is 10.2 Å². The summed E-state index contributed by atoms with van der Waals surface area (Å²) in [5, 5.41) is 3.51. The number of ether oxygens (including phenoxy) is 1. The lowest BCUT2D eigenvalue weighted by Gasteiger charge is -2.30. The summed E-state index contributed by atoms with van der Waals surface area (Å²) >= 11 is 0. The molecule has 0 spiro atoms. The third-order valence-electron chi connectivity index (χ3n) is 4.32. The Kier molecular flexibility index (Phi) is 4.48. The van der Waals surface area contributed by atoms with Gasteiger partial charge in [0.2, 0.25) is 0 Å². The molecule has 3 aliphatic rings. The minimum Gasteiger partial charge on any atom is -0.376 e. The van der Waals surface area contributed by atoms with Crippen molar-refractivity contribution in [1.29, 1.82) is 0 Å². The molecular formula is C12H23ClN2O. The van der Waals surface area contributed by atoms with Crippen LogP contribution in [0.4, 0.5) is 0 Å². The normalized spacial score (nSPS) is 39.4. The summed E-state index contributed by atoms with van der Waals surface area (Å²) in [5.74, 6) is 1.64. The number of nitrogens with zero attached hydrogens (tertiary/aromatic N) is 1. The van der Waals surface area contributed by atoms with E-state index < -0.39 is 0 Å². The van der Waals surface area contributed by atoms with Gasteiger partial charge in [0.05, 0.1) is 12.7 Å². The molecule has 3 fully saturated rings. The Bertz CT molecular complexity index is 221. The highest BCUT2D eigenvalue weighted by molar-refractivity contribution is 5.85. The van der Waals surface area contributed by atoms with Crippen LogP contribution in [0, 0.1) is 11.8 Å². The second-order valence-corrected chi connectivity index (χ2v) is 5.30. The zero-order valence-corrected chi connectivity index (χ0v) is 10.7. The van der Waals surface area contributed by atoms with Crippen molar-refractivity contribution >= 4 is 12.4 Å². The van der Waals surface area contributed by atoms with Gasteiger partial charge < -0.3 is 15.0 Å². The van der Waals surface area contributed by atoms with Crippen molar-refractivity contribution < 1.29 is 4.74 Å². The Labute approximate surface area is 104 Å². The second kappa shape index (κ2) is 5.67. The fourth-order valence-electron chi connectivity index (χ4n) is 3.36. The predicted molar refractivity (Wildman–Crippen MR) is 67.1 cm³/mol. The van der Waals surface area contributed by atoms with Crippen LogP contribution >= 0.6 is 12.4 Å². The number of likely N-dealkylation sites (tertiary alicyclic amines) is 1. The summed E-state index contributed by atoms with van der Waals surface area (Å²) in [6, 6.07) is 0. The molecule has 1 N–H and O–H groups in total. The van der Waals surface area contributed by atoms with Gasteiger partial charge in [0.15, 0.2) is 0 Å². The lowest BCUT2D eigenvalue weighted by molar-refractivity contribution is 0.0614. The fourth-order valence-corrected chi connectivity index (χ4v) is 3.36. The van der Waals surface area contributed by atoms with Gasteiger partial charge in [-0.05, 0) is 44.8 Å². The van der Waals surface area contributed by atoms with Crippen LogP contribution in [-0.4, -0.2) is 50.3 Å². The van der Waals surface area contributed by atoms with Gasteiger partial charge in [-0.2, -0.15) is 0 Å². The fraction of sp³-hybridized carbons (Fsp3) is 1.00. The molecule has 3 nitrogen and oxygen atoms in total. The summed E-state index contributed by atoms with van der Waals surface area (Å²) in [6.07, 6.45) is 4.61. The Hall–Kier alpha value is 0.170. The summed E-state index contributed by atoms with van der Waals surface area (Å²) in [6.45, 7) is 7.17. The highest BCUT2D eigenvalue weighted by Gasteiger charge is 2.39. The van der Waals surface area contributed by atoms with Gasteiger partial charge in [0.25, 0.3) is 0 Å². The topological polar surface area (TPSA) is 24.5 Å². The first-order valence-electron chi connectivity index (χ1n) is 6.48. The van der Waals surface area contributed by atoms with Gasteiger partial charge in [-0.1, -0.05) is 0 Å². The molecule has 0 aromatic heterocycles. The Morgan fingerprint density at radius 2 is 2.06 bits per heavy atom. The average Bonchev–Trinajstić information content (AvgIpc) is 2.89. The molecule has 0 bridgehead atoms. The van der Waals surface area contributed by atoms with Gasteiger partial charge >= 0.3 is 0 Å². The van der Waals surface area contributed by atoms with Crippen LogP contribution in [0.1, 0.15) is 19.3 Å². The standard InChI is InChI=1S/C12H22N2O.ClH/c1-2-6-14(5-1)8-12-11-7-13-4-3-10(11)9-15-12;/h10-13H,1-9H2;1H/t10-,11-,12+;/m0./s1. The summed E-state index contributed by atoms with van der Waals surface area (Å²) < 4.78 is 5.98. The zero-order valence-electron chi connectivity index (χ0n) is 9.86. The van der Waals surface area contributed by atoms with Crippen molar-refractivity contribution in [2.24, 2.45) is 11.8 Å². The molecule has 0 aliphatic carbocycles. The third kappa shape index (κ3) is 2.53. The molecule has 4 heteroatoms. The smallest absolute Gasteiger partial charge is 0.0745 e.